The van der Waals surface area contributed by atoms with Gasteiger partial charge in [-0.15, -0.1) is 0 Å². The van der Waals surface area contributed by atoms with Crippen LogP contribution in [0.25, 0.3) is 0 Å². The second-order valence-electron chi connectivity index (χ2n) is 4.80. The molecule has 1 aliphatic rings. The number of carbonyl (C=O) groups excluding carboxylic acids is 1. The largest absolute Gasteiger partial charge is 0.495 e. The van der Waals surface area contributed by atoms with E-state index in [1.54, 1.807) is 7.11 Å². The molecule has 3 N–H and O–H groups in total. The molecule has 114 valence electrons. The first-order valence-electron chi connectivity index (χ1n) is 6.91. The van der Waals surface area contributed by atoms with Gasteiger partial charge in [0.05, 0.1) is 12.8 Å². The molecular formula is C16H27NO3. The third-order valence-electron chi connectivity index (χ3n) is 3.45. The van der Waals surface area contributed by atoms with Crippen molar-refractivity contribution in [1.82, 2.24) is 0 Å². The monoisotopic (exact) mass is 281 g/mol. The fraction of sp³-hybridized carbons (Fsp3) is 0.562. The molecule has 0 aliphatic heterocycles. The molecule has 0 saturated heterocycles. The number of aliphatic hydroxyl groups excluding tert-OH is 1. The van der Waals surface area contributed by atoms with Crippen LogP contribution >= 0.6 is 0 Å². The van der Waals surface area contributed by atoms with Crippen molar-refractivity contribution in [3.8, 4) is 5.75 Å². The highest BCUT2D eigenvalue weighted by molar-refractivity contribution is 5.92. The minimum Gasteiger partial charge on any atom is -0.495 e. The number of benzene rings is 1. The van der Waals surface area contributed by atoms with Gasteiger partial charge < -0.3 is 15.6 Å². The highest BCUT2D eigenvalue weighted by atomic mass is 16.5. The Balaban J connectivity index is 0.000000829. The molecule has 0 fully saturated rings. The highest BCUT2D eigenvalue weighted by Gasteiger charge is 2.35. The maximum atomic E-state index is 11.9. The average molecular weight is 281 g/mol. The van der Waals surface area contributed by atoms with Crippen LogP contribution in [0.1, 0.15) is 45.2 Å². The molecule has 0 spiro atoms. The summed E-state index contributed by atoms with van der Waals surface area (Å²) in [6.45, 7) is 7.92. The van der Waals surface area contributed by atoms with Crippen LogP contribution in [0.2, 0.25) is 0 Å². The van der Waals surface area contributed by atoms with Gasteiger partial charge in [0.15, 0.2) is 0 Å². The normalized spacial score (nSPS) is 15.1. The van der Waals surface area contributed by atoms with Crippen LogP contribution in [-0.2, 0) is 16.6 Å². The van der Waals surface area contributed by atoms with E-state index in [1.807, 2.05) is 39.8 Å². The SMILES string of the molecule is CC.CO.COc1cc2c(cc1N)CCC(=O)C2(C)C. The third kappa shape index (κ3) is 3.51. The van der Waals surface area contributed by atoms with Gasteiger partial charge in [-0.1, -0.05) is 13.8 Å². The lowest BCUT2D eigenvalue weighted by molar-refractivity contribution is -0.124. The number of nitrogen functional groups attached to an aromatic ring is 1. The van der Waals surface area contributed by atoms with Gasteiger partial charge in [-0.3, -0.25) is 4.79 Å². The van der Waals surface area contributed by atoms with Gasteiger partial charge in [0.1, 0.15) is 11.5 Å². The summed E-state index contributed by atoms with van der Waals surface area (Å²) in [6, 6.07) is 3.84. The van der Waals surface area contributed by atoms with Gasteiger partial charge in [0.25, 0.3) is 0 Å². The number of ether oxygens (including phenoxy) is 1. The molecule has 0 atom stereocenters. The smallest absolute Gasteiger partial charge is 0.143 e. The molecule has 0 amide bonds. The van der Waals surface area contributed by atoms with Crippen molar-refractivity contribution in [2.24, 2.45) is 0 Å². The van der Waals surface area contributed by atoms with E-state index in [2.05, 4.69) is 0 Å². The number of hydrogen-bond donors (Lipinski definition) is 2. The van der Waals surface area contributed by atoms with Crippen molar-refractivity contribution in [2.45, 2.75) is 46.0 Å². The van der Waals surface area contributed by atoms with E-state index in [4.69, 9.17) is 15.6 Å². The van der Waals surface area contributed by atoms with E-state index >= 15 is 0 Å². The second kappa shape index (κ2) is 7.90. The number of carbonyl (C=O) groups is 1. The average Bonchev–Trinajstić information content (AvgIpc) is 2.47. The lowest BCUT2D eigenvalue weighted by Gasteiger charge is -2.31. The third-order valence-corrected chi connectivity index (χ3v) is 3.45. The summed E-state index contributed by atoms with van der Waals surface area (Å²) in [4.78, 5) is 11.9. The Morgan fingerprint density at radius 2 is 1.75 bits per heavy atom. The quantitative estimate of drug-likeness (QED) is 0.776. The molecule has 2 rings (SSSR count). The van der Waals surface area contributed by atoms with Crippen molar-refractivity contribution < 1.29 is 14.6 Å². The summed E-state index contributed by atoms with van der Waals surface area (Å²) < 4.78 is 5.20. The Kier molecular flexibility index (Phi) is 7.29. The summed E-state index contributed by atoms with van der Waals surface area (Å²) in [5.41, 5.74) is 8.31. The summed E-state index contributed by atoms with van der Waals surface area (Å²) in [5, 5.41) is 7.00. The van der Waals surface area contributed by atoms with E-state index in [1.165, 1.54) is 5.56 Å². The number of anilines is 1. The number of aliphatic hydroxyl groups is 1. The highest BCUT2D eigenvalue weighted by Crippen LogP contribution is 2.38. The zero-order chi connectivity index (χ0) is 15.9. The maximum Gasteiger partial charge on any atom is 0.143 e. The topological polar surface area (TPSA) is 72.6 Å². The summed E-state index contributed by atoms with van der Waals surface area (Å²) in [6.07, 6.45) is 1.39. The molecule has 0 heterocycles. The van der Waals surface area contributed by atoms with Gasteiger partial charge >= 0.3 is 0 Å². The number of nitrogens with two attached hydrogens (primary N) is 1. The number of aryl methyl sites for hydroxylation is 1. The molecule has 0 unspecified atom stereocenters. The Bertz CT molecular complexity index is 453. The molecule has 4 nitrogen and oxygen atoms in total. The van der Waals surface area contributed by atoms with Gasteiger partial charge in [-0.25, -0.2) is 0 Å². The number of methoxy groups -OCH3 is 1. The number of ketones is 1. The second-order valence-corrected chi connectivity index (χ2v) is 4.80. The fourth-order valence-corrected chi connectivity index (χ4v) is 2.32. The maximum absolute atomic E-state index is 11.9. The first-order valence-corrected chi connectivity index (χ1v) is 6.91. The van der Waals surface area contributed by atoms with Gasteiger partial charge in [-0.2, -0.15) is 0 Å². The Morgan fingerprint density at radius 3 is 2.25 bits per heavy atom. The summed E-state index contributed by atoms with van der Waals surface area (Å²) >= 11 is 0. The van der Waals surface area contributed by atoms with Gasteiger partial charge in [0.2, 0.25) is 0 Å². The predicted molar refractivity (Wildman–Crippen MR) is 83.3 cm³/mol. The van der Waals surface area contributed by atoms with Crippen LogP contribution in [0.4, 0.5) is 5.69 Å². The standard InChI is InChI=1S/C13H17NO2.C2H6.CH4O/c1-13(2)9-7-11(16-3)10(14)6-8(9)4-5-12(13)15;2*1-2/h6-7H,4-5,14H2,1-3H3;1-2H3;2H,1H3. The van der Waals surface area contributed by atoms with Crippen molar-refractivity contribution >= 4 is 11.5 Å². The molecule has 0 saturated carbocycles. The van der Waals surface area contributed by atoms with Crippen LogP contribution < -0.4 is 10.5 Å². The van der Waals surface area contributed by atoms with Gasteiger partial charge in [0, 0.05) is 18.9 Å². The molecule has 20 heavy (non-hydrogen) atoms. The minimum atomic E-state index is -0.422. The van der Waals surface area contributed by atoms with E-state index in [0.29, 0.717) is 17.9 Å². The van der Waals surface area contributed by atoms with Crippen LogP contribution in [-0.4, -0.2) is 25.1 Å². The molecule has 0 bridgehead atoms. The van der Waals surface area contributed by atoms with E-state index < -0.39 is 5.41 Å². The minimum absolute atomic E-state index is 0.284. The van der Waals surface area contributed by atoms with E-state index in [0.717, 1.165) is 19.1 Å². The first kappa shape index (κ1) is 18.4. The van der Waals surface area contributed by atoms with Crippen molar-refractivity contribution in [2.75, 3.05) is 20.0 Å². The Hall–Kier alpha value is -1.55. The molecule has 1 aromatic rings. The van der Waals surface area contributed by atoms with Gasteiger partial charge in [-0.05, 0) is 43.5 Å². The van der Waals surface area contributed by atoms with Crippen molar-refractivity contribution in [1.29, 1.82) is 0 Å². The van der Waals surface area contributed by atoms with Crippen LogP contribution in [0.3, 0.4) is 0 Å². The first-order chi connectivity index (χ1) is 9.46. The number of hydrogen-bond acceptors (Lipinski definition) is 4. The Labute approximate surface area is 121 Å². The number of rotatable bonds is 1. The summed E-state index contributed by atoms with van der Waals surface area (Å²) in [5.74, 6) is 0.938. The van der Waals surface area contributed by atoms with E-state index in [9.17, 15) is 4.79 Å². The van der Waals surface area contributed by atoms with Crippen molar-refractivity contribution in [3.63, 3.8) is 0 Å². The molecule has 1 aliphatic carbocycles. The lowest BCUT2D eigenvalue weighted by atomic mass is 9.71. The van der Waals surface area contributed by atoms with Crippen LogP contribution in [0.15, 0.2) is 12.1 Å². The molecule has 4 heteroatoms. The number of fused-ring (bicyclic) bond motifs is 1. The Morgan fingerprint density at radius 1 is 1.20 bits per heavy atom. The molecule has 0 radical (unpaired) electrons. The zero-order valence-electron chi connectivity index (χ0n) is 13.4. The van der Waals surface area contributed by atoms with E-state index in [-0.39, 0.29) is 5.78 Å². The molecule has 1 aromatic carbocycles. The van der Waals surface area contributed by atoms with Crippen LogP contribution in [0, 0.1) is 0 Å². The lowest BCUT2D eigenvalue weighted by Crippen LogP contribution is -2.34. The molecule has 0 aromatic heterocycles. The summed E-state index contributed by atoms with van der Waals surface area (Å²) in [7, 11) is 2.59. The zero-order valence-corrected chi connectivity index (χ0v) is 13.4. The fourth-order valence-electron chi connectivity index (χ4n) is 2.32. The molecular weight excluding hydrogens is 254 g/mol. The van der Waals surface area contributed by atoms with Crippen molar-refractivity contribution in [3.05, 3.63) is 23.3 Å². The van der Waals surface area contributed by atoms with Crippen LogP contribution in [0.5, 0.6) is 5.75 Å². The predicted octanol–water partition coefficient (Wildman–Crippen LogP) is 2.71. The number of Topliss-reactive ketones (excluding diaryl/α,β-unsaturated/α-hetero) is 1.